The molecule has 0 spiro atoms. The van der Waals surface area contributed by atoms with E-state index in [0.29, 0.717) is 6.42 Å². The quantitative estimate of drug-likeness (QED) is 0.837. The van der Waals surface area contributed by atoms with Crippen molar-refractivity contribution in [2.75, 3.05) is 11.9 Å². The summed E-state index contributed by atoms with van der Waals surface area (Å²) in [4.78, 5) is 0. The third kappa shape index (κ3) is 2.90. The fraction of sp³-hybridized carbons (Fsp3) is 0.333. The van der Waals surface area contributed by atoms with E-state index in [0.717, 1.165) is 42.9 Å². The number of hydrogen-bond acceptors (Lipinski definition) is 3. The summed E-state index contributed by atoms with van der Waals surface area (Å²) in [7, 11) is 0. The third-order valence-corrected chi connectivity index (χ3v) is 3.88. The van der Waals surface area contributed by atoms with Crippen molar-refractivity contribution in [3.8, 4) is 0 Å². The largest absolute Gasteiger partial charge is 0.374 e. The first-order valence-corrected chi connectivity index (χ1v) is 7.45. The molecule has 1 aromatic carbocycles. The summed E-state index contributed by atoms with van der Waals surface area (Å²) >= 11 is 5.08. The van der Waals surface area contributed by atoms with Gasteiger partial charge in [-0.2, -0.15) is 9.78 Å². The van der Waals surface area contributed by atoms with Crippen LogP contribution in [0, 0.1) is 5.82 Å². The van der Waals surface area contributed by atoms with Crippen LogP contribution in [0.15, 0.2) is 24.3 Å². The molecule has 0 fully saturated rings. The molecular formula is C15H17FN4S. The molecule has 1 aromatic heterocycles. The van der Waals surface area contributed by atoms with Crippen LogP contribution >= 0.6 is 12.2 Å². The molecule has 6 heteroatoms. The molecule has 0 amide bonds. The molecule has 1 aliphatic heterocycles. The Hall–Kier alpha value is -1.95. The molecule has 0 aliphatic carbocycles. The van der Waals surface area contributed by atoms with Gasteiger partial charge in [0.2, 0.25) is 0 Å². The van der Waals surface area contributed by atoms with Gasteiger partial charge in [-0.15, -0.1) is 0 Å². The number of fused-ring (bicyclic) bond motifs is 1. The lowest BCUT2D eigenvalue weighted by atomic mass is 10.0. The first kappa shape index (κ1) is 14.0. The van der Waals surface area contributed by atoms with Crippen LogP contribution < -0.4 is 11.1 Å². The fourth-order valence-corrected chi connectivity index (χ4v) is 2.80. The van der Waals surface area contributed by atoms with Crippen LogP contribution in [-0.4, -0.2) is 21.4 Å². The molecule has 2 aromatic rings. The smallest absolute Gasteiger partial charge is 0.193 e. The molecule has 3 N–H and O–H groups in total. The standard InChI is InChI=1S/C15H17FN4S/c16-11-6-4-10(5-7-11)9-13-12-3-1-2-8-18-14(12)20(19-13)15(17)21/h4-7,18H,1-3,8-9H2,(H2,17,21). The van der Waals surface area contributed by atoms with Gasteiger partial charge in [-0.3, -0.25) is 0 Å². The summed E-state index contributed by atoms with van der Waals surface area (Å²) < 4.78 is 14.6. The number of halogens is 1. The fourth-order valence-electron chi connectivity index (χ4n) is 2.67. The normalized spacial score (nSPS) is 14.1. The summed E-state index contributed by atoms with van der Waals surface area (Å²) in [5, 5.41) is 8.15. The zero-order chi connectivity index (χ0) is 14.8. The van der Waals surface area contributed by atoms with E-state index in [1.54, 1.807) is 16.8 Å². The maximum Gasteiger partial charge on any atom is 0.193 e. The summed E-state index contributed by atoms with van der Waals surface area (Å²) in [6, 6.07) is 6.50. The van der Waals surface area contributed by atoms with Crippen LogP contribution in [0.3, 0.4) is 0 Å². The van der Waals surface area contributed by atoms with Crippen LogP contribution in [-0.2, 0) is 12.8 Å². The number of benzene rings is 1. The van der Waals surface area contributed by atoms with Crippen LogP contribution in [0.2, 0.25) is 0 Å². The Morgan fingerprint density at radius 3 is 2.81 bits per heavy atom. The summed E-state index contributed by atoms with van der Waals surface area (Å²) in [5.74, 6) is 0.685. The van der Waals surface area contributed by atoms with E-state index in [4.69, 9.17) is 18.0 Å². The van der Waals surface area contributed by atoms with Gasteiger partial charge in [0, 0.05) is 18.5 Å². The van der Waals surface area contributed by atoms with Gasteiger partial charge in [-0.05, 0) is 49.2 Å². The monoisotopic (exact) mass is 304 g/mol. The number of nitrogens with zero attached hydrogens (tertiary/aromatic N) is 2. The second-order valence-corrected chi connectivity index (χ2v) is 5.63. The van der Waals surface area contributed by atoms with Crippen LogP contribution in [0.25, 0.3) is 0 Å². The van der Waals surface area contributed by atoms with Gasteiger partial charge < -0.3 is 11.1 Å². The maximum absolute atomic E-state index is 13.0. The molecular weight excluding hydrogens is 287 g/mol. The van der Waals surface area contributed by atoms with E-state index in [1.807, 2.05) is 0 Å². The molecule has 21 heavy (non-hydrogen) atoms. The van der Waals surface area contributed by atoms with Gasteiger partial charge in [0.1, 0.15) is 11.6 Å². The summed E-state index contributed by atoms with van der Waals surface area (Å²) in [5.41, 5.74) is 8.91. The highest BCUT2D eigenvalue weighted by Crippen LogP contribution is 2.26. The number of thiocarbonyl (C=S) groups is 1. The molecule has 2 heterocycles. The Balaban J connectivity index is 1.98. The molecule has 0 saturated carbocycles. The summed E-state index contributed by atoms with van der Waals surface area (Å²) in [6.45, 7) is 0.900. The van der Waals surface area contributed by atoms with E-state index in [1.165, 1.54) is 17.7 Å². The number of rotatable bonds is 2. The van der Waals surface area contributed by atoms with Crippen molar-refractivity contribution >= 4 is 23.1 Å². The number of aromatic nitrogens is 2. The van der Waals surface area contributed by atoms with E-state index in [9.17, 15) is 4.39 Å². The predicted molar refractivity (Wildman–Crippen MR) is 85.0 cm³/mol. The second kappa shape index (κ2) is 5.81. The minimum absolute atomic E-state index is 0.229. The minimum atomic E-state index is -0.229. The van der Waals surface area contributed by atoms with Crippen molar-refractivity contribution < 1.29 is 4.39 Å². The lowest BCUT2D eigenvalue weighted by Crippen LogP contribution is -2.23. The highest BCUT2D eigenvalue weighted by Gasteiger charge is 2.20. The molecule has 0 unspecified atom stereocenters. The van der Waals surface area contributed by atoms with E-state index >= 15 is 0 Å². The molecule has 0 radical (unpaired) electrons. The zero-order valence-electron chi connectivity index (χ0n) is 11.6. The Kier molecular flexibility index (Phi) is 3.88. The number of anilines is 1. The second-order valence-electron chi connectivity index (χ2n) is 5.21. The molecule has 4 nitrogen and oxygen atoms in total. The van der Waals surface area contributed by atoms with Crippen LogP contribution in [0.4, 0.5) is 10.2 Å². The van der Waals surface area contributed by atoms with E-state index in [2.05, 4.69) is 10.4 Å². The van der Waals surface area contributed by atoms with Crippen molar-refractivity contribution in [1.82, 2.24) is 9.78 Å². The van der Waals surface area contributed by atoms with Gasteiger partial charge in [-0.1, -0.05) is 12.1 Å². The number of nitrogens with two attached hydrogens (primary N) is 1. The lowest BCUT2D eigenvalue weighted by molar-refractivity contribution is 0.627. The molecule has 3 rings (SSSR count). The Bertz CT molecular complexity index is 663. The third-order valence-electron chi connectivity index (χ3n) is 3.71. The van der Waals surface area contributed by atoms with Crippen molar-refractivity contribution in [3.05, 3.63) is 46.9 Å². The average Bonchev–Trinajstić information content (AvgIpc) is 2.65. The Labute approximate surface area is 128 Å². The topological polar surface area (TPSA) is 55.9 Å². The average molecular weight is 304 g/mol. The van der Waals surface area contributed by atoms with Crippen LogP contribution in [0.5, 0.6) is 0 Å². The first-order valence-electron chi connectivity index (χ1n) is 7.04. The molecule has 0 bridgehead atoms. The van der Waals surface area contributed by atoms with E-state index in [-0.39, 0.29) is 10.9 Å². The van der Waals surface area contributed by atoms with Crippen molar-refractivity contribution in [1.29, 1.82) is 0 Å². The SMILES string of the molecule is NC(=S)n1nc(Cc2ccc(F)cc2)c2c1NCCCC2. The summed E-state index contributed by atoms with van der Waals surface area (Å²) in [6.07, 6.45) is 3.84. The highest BCUT2D eigenvalue weighted by molar-refractivity contribution is 7.80. The minimum Gasteiger partial charge on any atom is -0.374 e. The number of nitrogens with one attached hydrogen (secondary N) is 1. The van der Waals surface area contributed by atoms with Crippen molar-refractivity contribution in [2.24, 2.45) is 5.73 Å². The Morgan fingerprint density at radius 2 is 2.10 bits per heavy atom. The van der Waals surface area contributed by atoms with Crippen LogP contribution in [0.1, 0.15) is 29.7 Å². The number of hydrogen-bond donors (Lipinski definition) is 2. The molecule has 110 valence electrons. The van der Waals surface area contributed by atoms with Crippen molar-refractivity contribution in [2.45, 2.75) is 25.7 Å². The lowest BCUT2D eigenvalue weighted by Gasteiger charge is -2.06. The van der Waals surface area contributed by atoms with Gasteiger partial charge in [-0.25, -0.2) is 4.39 Å². The van der Waals surface area contributed by atoms with Gasteiger partial charge >= 0.3 is 0 Å². The molecule has 0 atom stereocenters. The Morgan fingerprint density at radius 1 is 1.33 bits per heavy atom. The van der Waals surface area contributed by atoms with Crippen molar-refractivity contribution in [3.63, 3.8) is 0 Å². The molecule has 1 aliphatic rings. The zero-order valence-corrected chi connectivity index (χ0v) is 12.4. The van der Waals surface area contributed by atoms with Gasteiger partial charge in [0.25, 0.3) is 0 Å². The molecule has 0 saturated heterocycles. The first-order chi connectivity index (χ1) is 10.1. The predicted octanol–water partition coefficient (Wildman–Crippen LogP) is 2.45. The van der Waals surface area contributed by atoms with Gasteiger partial charge in [0.05, 0.1) is 5.69 Å². The van der Waals surface area contributed by atoms with E-state index < -0.39 is 0 Å². The maximum atomic E-state index is 13.0. The highest BCUT2D eigenvalue weighted by atomic mass is 32.1. The van der Waals surface area contributed by atoms with Gasteiger partial charge in [0.15, 0.2) is 5.11 Å².